The van der Waals surface area contributed by atoms with Crippen LogP contribution >= 0.6 is 11.5 Å². The van der Waals surface area contributed by atoms with Gasteiger partial charge in [0.2, 0.25) is 0 Å². The lowest BCUT2D eigenvalue weighted by Gasteiger charge is -2.24. The highest BCUT2D eigenvalue weighted by molar-refractivity contribution is 7.09. The Labute approximate surface area is 120 Å². The van der Waals surface area contributed by atoms with E-state index in [1.165, 1.54) is 24.4 Å². The first-order valence-electron chi connectivity index (χ1n) is 6.86. The van der Waals surface area contributed by atoms with Gasteiger partial charge in [-0.3, -0.25) is 0 Å². The first-order chi connectivity index (χ1) is 9.86. The molecule has 0 radical (unpaired) electrons. The predicted octanol–water partition coefficient (Wildman–Crippen LogP) is 0.965. The van der Waals surface area contributed by atoms with E-state index in [0.717, 1.165) is 35.6 Å². The van der Waals surface area contributed by atoms with Gasteiger partial charge in [-0.25, -0.2) is 4.98 Å². The number of hydrogen-bond donors (Lipinski definition) is 1. The lowest BCUT2D eigenvalue weighted by molar-refractivity contribution is 0.155. The van der Waals surface area contributed by atoms with Gasteiger partial charge >= 0.3 is 0 Å². The van der Waals surface area contributed by atoms with Crippen molar-refractivity contribution in [3.63, 3.8) is 0 Å². The molecule has 0 amide bonds. The lowest BCUT2D eigenvalue weighted by Crippen LogP contribution is -2.36. The fourth-order valence-electron chi connectivity index (χ4n) is 2.53. The number of nitrogens with one attached hydrogen (secondary N) is 1. The molecular weight excluding hydrogens is 276 g/mol. The second-order valence-corrected chi connectivity index (χ2v) is 5.98. The standard InChI is InChI=1S/C12H16N6OS/c1-19-6-8-10-15-16-11(18(10)5-4-13-8)12-14-9(17-20-12)7-2-3-7/h7-8,13H,2-6H2,1H3/t8-/m1/s1. The molecule has 0 saturated heterocycles. The van der Waals surface area contributed by atoms with Crippen molar-refractivity contribution in [3.05, 3.63) is 11.6 Å². The minimum atomic E-state index is 0.103. The summed E-state index contributed by atoms with van der Waals surface area (Å²) in [6.07, 6.45) is 2.43. The van der Waals surface area contributed by atoms with Crippen molar-refractivity contribution >= 4 is 11.5 Å². The Hall–Kier alpha value is -1.38. The molecule has 20 heavy (non-hydrogen) atoms. The molecule has 1 N–H and O–H groups in total. The summed E-state index contributed by atoms with van der Waals surface area (Å²) in [4.78, 5) is 4.63. The summed E-state index contributed by atoms with van der Waals surface area (Å²) in [5.74, 6) is 3.32. The highest BCUT2D eigenvalue weighted by Crippen LogP contribution is 2.39. The van der Waals surface area contributed by atoms with Crippen molar-refractivity contribution in [2.24, 2.45) is 0 Å². The summed E-state index contributed by atoms with van der Waals surface area (Å²) >= 11 is 1.43. The molecule has 0 unspecified atom stereocenters. The highest BCUT2D eigenvalue weighted by atomic mass is 32.1. The van der Waals surface area contributed by atoms with Gasteiger partial charge in [-0.2, -0.15) is 4.37 Å². The van der Waals surface area contributed by atoms with Crippen molar-refractivity contribution in [1.82, 2.24) is 29.4 Å². The monoisotopic (exact) mass is 292 g/mol. The molecule has 0 bridgehead atoms. The molecule has 0 aromatic carbocycles. The summed E-state index contributed by atoms with van der Waals surface area (Å²) in [6.45, 7) is 2.35. The largest absolute Gasteiger partial charge is 0.383 e. The van der Waals surface area contributed by atoms with E-state index in [9.17, 15) is 0 Å². The zero-order valence-corrected chi connectivity index (χ0v) is 12.1. The average molecular weight is 292 g/mol. The Kier molecular flexibility index (Phi) is 3.01. The molecule has 1 aliphatic carbocycles. The Bertz CT molecular complexity index is 619. The molecule has 7 nitrogen and oxygen atoms in total. The predicted molar refractivity (Wildman–Crippen MR) is 73.5 cm³/mol. The average Bonchev–Trinajstić information content (AvgIpc) is 3.03. The van der Waals surface area contributed by atoms with Crippen LogP contribution in [0, 0.1) is 0 Å². The molecule has 4 rings (SSSR count). The maximum atomic E-state index is 5.23. The van der Waals surface area contributed by atoms with Crippen LogP contribution in [0.4, 0.5) is 0 Å². The molecule has 1 fully saturated rings. The summed E-state index contributed by atoms with van der Waals surface area (Å²) < 4.78 is 11.8. The molecule has 2 aromatic rings. The molecule has 8 heteroatoms. The Morgan fingerprint density at radius 2 is 2.30 bits per heavy atom. The second kappa shape index (κ2) is 4.87. The minimum absolute atomic E-state index is 0.103. The zero-order valence-electron chi connectivity index (χ0n) is 11.2. The summed E-state index contributed by atoms with van der Waals surface area (Å²) in [5.41, 5.74) is 0. The molecule has 2 aliphatic rings. The van der Waals surface area contributed by atoms with E-state index in [2.05, 4.69) is 29.4 Å². The molecular formula is C12H16N6OS. The van der Waals surface area contributed by atoms with E-state index in [1.807, 2.05) is 0 Å². The first-order valence-corrected chi connectivity index (χ1v) is 7.63. The van der Waals surface area contributed by atoms with Crippen LogP contribution in [0.5, 0.6) is 0 Å². The quantitative estimate of drug-likeness (QED) is 0.904. The normalized spacial score (nSPS) is 21.9. The molecule has 1 saturated carbocycles. The van der Waals surface area contributed by atoms with Crippen molar-refractivity contribution in [2.45, 2.75) is 31.3 Å². The van der Waals surface area contributed by atoms with Crippen LogP contribution < -0.4 is 5.32 Å². The third-order valence-corrected chi connectivity index (χ3v) is 4.45. The van der Waals surface area contributed by atoms with Gasteiger partial charge in [-0.15, -0.1) is 10.2 Å². The van der Waals surface area contributed by atoms with Gasteiger partial charge in [-0.1, -0.05) is 0 Å². The molecule has 1 aliphatic heterocycles. The van der Waals surface area contributed by atoms with E-state index in [-0.39, 0.29) is 6.04 Å². The van der Waals surface area contributed by atoms with Crippen molar-refractivity contribution < 1.29 is 4.74 Å². The van der Waals surface area contributed by atoms with E-state index < -0.39 is 0 Å². The maximum absolute atomic E-state index is 5.23. The van der Waals surface area contributed by atoms with Crippen LogP contribution in [0.2, 0.25) is 0 Å². The van der Waals surface area contributed by atoms with Gasteiger partial charge in [0, 0.05) is 26.1 Å². The van der Waals surface area contributed by atoms with Crippen LogP contribution in [0.15, 0.2) is 0 Å². The number of methoxy groups -OCH3 is 1. The Morgan fingerprint density at radius 3 is 3.10 bits per heavy atom. The zero-order chi connectivity index (χ0) is 13.5. The maximum Gasteiger partial charge on any atom is 0.194 e. The highest BCUT2D eigenvalue weighted by Gasteiger charge is 2.30. The van der Waals surface area contributed by atoms with Crippen molar-refractivity contribution in [1.29, 1.82) is 0 Å². The van der Waals surface area contributed by atoms with Gasteiger partial charge in [0.25, 0.3) is 0 Å². The molecule has 106 valence electrons. The molecule has 3 heterocycles. The van der Waals surface area contributed by atoms with Crippen molar-refractivity contribution in [2.75, 3.05) is 20.3 Å². The van der Waals surface area contributed by atoms with Gasteiger partial charge in [0.05, 0.1) is 12.6 Å². The molecule has 0 spiro atoms. The van der Waals surface area contributed by atoms with Gasteiger partial charge in [0.1, 0.15) is 5.82 Å². The van der Waals surface area contributed by atoms with E-state index >= 15 is 0 Å². The third kappa shape index (κ3) is 2.04. The molecule has 2 aromatic heterocycles. The van der Waals surface area contributed by atoms with Crippen LogP contribution in [-0.2, 0) is 11.3 Å². The number of aromatic nitrogens is 5. The number of rotatable bonds is 4. The number of fused-ring (bicyclic) bond motifs is 1. The Morgan fingerprint density at radius 1 is 1.40 bits per heavy atom. The van der Waals surface area contributed by atoms with Crippen LogP contribution in [0.1, 0.15) is 36.5 Å². The fraction of sp³-hybridized carbons (Fsp3) is 0.667. The van der Waals surface area contributed by atoms with E-state index in [4.69, 9.17) is 4.74 Å². The smallest absolute Gasteiger partial charge is 0.194 e. The second-order valence-electron chi connectivity index (χ2n) is 5.23. The number of hydrogen-bond acceptors (Lipinski definition) is 7. The minimum Gasteiger partial charge on any atom is -0.383 e. The molecule has 1 atom stereocenters. The summed E-state index contributed by atoms with van der Waals surface area (Å²) in [6, 6.07) is 0.103. The number of ether oxygens (including phenoxy) is 1. The van der Waals surface area contributed by atoms with E-state index in [1.54, 1.807) is 7.11 Å². The first kappa shape index (κ1) is 12.4. The van der Waals surface area contributed by atoms with Crippen LogP contribution in [0.25, 0.3) is 10.8 Å². The third-order valence-electron chi connectivity index (χ3n) is 3.73. The fourth-order valence-corrected chi connectivity index (χ4v) is 3.26. The van der Waals surface area contributed by atoms with Crippen LogP contribution in [-0.4, -0.2) is 44.4 Å². The topological polar surface area (TPSA) is 77.8 Å². The summed E-state index contributed by atoms with van der Waals surface area (Å²) in [5, 5.41) is 12.9. The lowest BCUT2D eigenvalue weighted by atomic mass is 10.2. The summed E-state index contributed by atoms with van der Waals surface area (Å²) in [7, 11) is 1.70. The van der Waals surface area contributed by atoms with Crippen molar-refractivity contribution in [3.8, 4) is 10.8 Å². The van der Waals surface area contributed by atoms with Gasteiger partial charge in [-0.05, 0) is 24.4 Å². The Balaban J connectivity index is 1.68. The number of nitrogens with zero attached hydrogens (tertiary/aromatic N) is 5. The van der Waals surface area contributed by atoms with Crippen LogP contribution in [0.3, 0.4) is 0 Å². The SMILES string of the molecule is COC[C@H]1NCCn2c(-c3nc(C4CC4)ns3)nnc21. The van der Waals surface area contributed by atoms with E-state index in [0.29, 0.717) is 12.5 Å². The van der Waals surface area contributed by atoms with Gasteiger partial charge < -0.3 is 14.6 Å². The van der Waals surface area contributed by atoms with Gasteiger partial charge in [0.15, 0.2) is 16.7 Å².